The lowest BCUT2D eigenvalue weighted by Gasteiger charge is -2.25. The summed E-state index contributed by atoms with van der Waals surface area (Å²) in [6.07, 6.45) is 1.62. The van der Waals surface area contributed by atoms with E-state index < -0.39 is 17.7 Å². The van der Waals surface area contributed by atoms with Crippen LogP contribution in [0.5, 0.6) is 17.2 Å². The van der Waals surface area contributed by atoms with Crippen LogP contribution in [0.3, 0.4) is 0 Å². The SMILES string of the molecule is C=CCOc1cccc(C2/C(=C(\O)c3ccc4c(c3)OCCO4)C(=O)C(=O)N2CCOC)c1. The smallest absolute Gasteiger partial charge is 0.295 e. The molecule has 1 fully saturated rings. The van der Waals surface area contributed by atoms with Crippen molar-refractivity contribution in [2.75, 3.05) is 40.1 Å². The number of aliphatic hydroxyl groups excluding tert-OH is 1. The fourth-order valence-corrected chi connectivity index (χ4v) is 3.92. The van der Waals surface area contributed by atoms with E-state index in [2.05, 4.69) is 6.58 Å². The predicted molar refractivity (Wildman–Crippen MR) is 120 cm³/mol. The molecule has 8 nitrogen and oxygen atoms in total. The Hall–Kier alpha value is -3.78. The van der Waals surface area contributed by atoms with Crippen molar-refractivity contribution in [2.24, 2.45) is 0 Å². The summed E-state index contributed by atoms with van der Waals surface area (Å²) in [5, 5.41) is 11.2. The van der Waals surface area contributed by atoms with Crippen LogP contribution in [0.4, 0.5) is 0 Å². The summed E-state index contributed by atoms with van der Waals surface area (Å²) >= 11 is 0. The summed E-state index contributed by atoms with van der Waals surface area (Å²) in [7, 11) is 1.52. The maximum absolute atomic E-state index is 13.1. The molecule has 2 aliphatic rings. The van der Waals surface area contributed by atoms with Crippen LogP contribution in [0.15, 0.2) is 60.7 Å². The highest BCUT2D eigenvalue weighted by molar-refractivity contribution is 6.46. The first-order valence-electron chi connectivity index (χ1n) is 10.6. The van der Waals surface area contributed by atoms with Crippen molar-refractivity contribution in [3.05, 3.63) is 71.8 Å². The van der Waals surface area contributed by atoms with E-state index in [4.69, 9.17) is 18.9 Å². The van der Waals surface area contributed by atoms with Crippen LogP contribution in [0.1, 0.15) is 17.2 Å². The lowest BCUT2D eigenvalue weighted by atomic mass is 9.95. The minimum absolute atomic E-state index is 0.00588. The number of amides is 1. The summed E-state index contributed by atoms with van der Waals surface area (Å²) in [4.78, 5) is 27.4. The fraction of sp³-hybridized carbons (Fsp3) is 0.280. The maximum atomic E-state index is 13.1. The molecule has 1 amide bonds. The largest absolute Gasteiger partial charge is 0.507 e. The second-order valence-corrected chi connectivity index (χ2v) is 7.52. The Morgan fingerprint density at radius 3 is 2.73 bits per heavy atom. The standard InChI is InChI=1S/C25H25NO7/c1-3-10-31-18-6-4-5-16(14-18)22-21(24(28)25(29)26(22)9-11-30-2)23(27)17-7-8-19-20(15-17)33-13-12-32-19/h3-8,14-15,22,27H,1,9-13H2,2H3/b23-21+. The molecule has 0 aliphatic carbocycles. The normalized spacial score (nSPS) is 18.9. The molecule has 0 aromatic heterocycles. The van der Waals surface area contributed by atoms with Gasteiger partial charge in [-0.15, -0.1) is 0 Å². The average molecular weight is 451 g/mol. The Balaban J connectivity index is 1.81. The van der Waals surface area contributed by atoms with Gasteiger partial charge < -0.3 is 29.0 Å². The molecule has 33 heavy (non-hydrogen) atoms. The second kappa shape index (κ2) is 9.79. The van der Waals surface area contributed by atoms with E-state index in [9.17, 15) is 14.7 Å². The molecule has 4 rings (SSSR count). The lowest BCUT2D eigenvalue weighted by molar-refractivity contribution is -0.140. The molecule has 1 N–H and O–H groups in total. The summed E-state index contributed by atoms with van der Waals surface area (Å²) in [6, 6.07) is 11.2. The highest BCUT2D eigenvalue weighted by Gasteiger charge is 2.46. The highest BCUT2D eigenvalue weighted by atomic mass is 16.6. The van der Waals surface area contributed by atoms with Gasteiger partial charge in [-0.1, -0.05) is 24.8 Å². The lowest BCUT2D eigenvalue weighted by Crippen LogP contribution is -2.32. The van der Waals surface area contributed by atoms with Crippen molar-refractivity contribution in [3.63, 3.8) is 0 Å². The minimum Gasteiger partial charge on any atom is -0.507 e. The van der Waals surface area contributed by atoms with Crippen LogP contribution in [-0.4, -0.2) is 61.8 Å². The Labute approximate surface area is 191 Å². The summed E-state index contributed by atoms with van der Waals surface area (Å²) < 4.78 is 21.9. The zero-order valence-electron chi connectivity index (χ0n) is 18.3. The van der Waals surface area contributed by atoms with Crippen LogP contribution in [0.2, 0.25) is 0 Å². The van der Waals surface area contributed by atoms with Gasteiger partial charge in [0.1, 0.15) is 31.3 Å². The molecule has 1 atom stereocenters. The van der Waals surface area contributed by atoms with Gasteiger partial charge in [0.2, 0.25) is 0 Å². The molecule has 0 bridgehead atoms. The molecule has 2 heterocycles. The van der Waals surface area contributed by atoms with E-state index in [0.29, 0.717) is 48.2 Å². The number of Topliss-reactive ketones (excluding diaryl/α,β-unsaturated/α-hetero) is 1. The molecule has 172 valence electrons. The first kappa shape index (κ1) is 22.4. The van der Waals surface area contributed by atoms with Gasteiger partial charge in [-0.05, 0) is 35.9 Å². The van der Waals surface area contributed by atoms with E-state index in [0.717, 1.165) is 0 Å². The molecule has 0 saturated carbocycles. The Morgan fingerprint density at radius 2 is 1.97 bits per heavy atom. The summed E-state index contributed by atoms with van der Waals surface area (Å²) in [5.41, 5.74) is 0.979. The average Bonchev–Trinajstić information content (AvgIpc) is 3.10. The zero-order chi connectivity index (χ0) is 23.4. The maximum Gasteiger partial charge on any atom is 0.295 e. The molecule has 2 aromatic carbocycles. The number of hydrogen-bond donors (Lipinski definition) is 1. The van der Waals surface area contributed by atoms with Crippen LogP contribution in [-0.2, 0) is 14.3 Å². The van der Waals surface area contributed by atoms with E-state index in [1.54, 1.807) is 48.5 Å². The number of ether oxygens (including phenoxy) is 4. The Bertz CT molecular complexity index is 1110. The number of ketones is 1. The van der Waals surface area contributed by atoms with E-state index in [1.165, 1.54) is 12.0 Å². The van der Waals surface area contributed by atoms with E-state index >= 15 is 0 Å². The third kappa shape index (κ3) is 4.42. The van der Waals surface area contributed by atoms with Gasteiger partial charge in [0.15, 0.2) is 11.5 Å². The van der Waals surface area contributed by atoms with E-state index in [-0.39, 0.29) is 24.5 Å². The molecule has 1 saturated heterocycles. The number of hydrogen-bond acceptors (Lipinski definition) is 7. The molecule has 0 spiro atoms. The fourth-order valence-electron chi connectivity index (χ4n) is 3.92. The van der Waals surface area contributed by atoms with Crippen molar-refractivity contribution >= 4 is 17.4 Å². The number of fused-ring (bicyclic) bond motifs is 1. The molecule has 0 radical (unpaired) electrons. The molecule has 1 unspecified atom stereocenters. The molecular weight excluding hydrogens is 426 g/mol. The van der Waals surface area contributed by atoms with Gasteiger partial charge in [-0.2, -0.15) is 0 Å². The Morgan fingerprint density at radius 1 is 1.18 bits per heavy atom. The third-order valence-corrected chi connectivity index (χ3v) is 5.43. The van der Waals surface area contributed by atoms with Crippen molar-refractivity contribution in [2.45, 2.75) is 6.04 Å². The Kier molecular flexibility index (Phi) is 6.65. The van der Waals surface area contributed by atoms with Crippen molar-refractivity contribution in [1.29, 1.82) is 0 Å². The van der Waals surface area contributed by atoms with Gasteiger partial charge >= 0.3 is 0 Å². The third-order valence-electron chi connectivity index (χ3n) is 5.43. The second-order valence-electron chi connectivity index (χ2n) is 7.52. The van der Waals surface area contributed by atoms with E-state index in [1.807, 2.05) is 0 Å². The first-order valence-corrected chi connectivity index (χ1v) is 10.6. The molecule has 8 heteroatoms. The van der Waals surface area contributed by atoms with Crippen molar-refractivity contribution < 1.29 is 33.6 Å². The zero-order valence-corrected chi connectivity index (χ0v) is 18.3. The molecule has 2 aliphatic heterocycles. The number of carbonyl (C=O) groups is 2. The monoisotopic (exact) mass is 451 g/mol. The summed E-state index contributed by atoms with van der Waals surface area (Å²) in [6.45, 7) is 5.20. The number of nitrogens with zero attached hydrogens (tertiary/aromatic N) is 1. The number of carbonyl (C=O) groups excluding carboxylic acids is 2. The first-order chi connectivity index (χ1) is 16.0. The minimum atomic E-state index is -0.805. The van der Waals surface area contributed by atoms with Crippen LogP contribution < -0.4 is 14.2 Å². The number of likely N-dealkylation sites (tertiary alicyclic amines) is 1. The van der Waals surface area contributed by atoms with Crippen LogP contribution >= 0.6 is 0 Å². The van der Waals surface area contributed by atoms with Gasteiger partial charge in [0.25, 0.3) is 11.7 Å². The van der Waals surface area contributed by atoms with Gasteiger partial charge in [-0.3, -0.25) is 9.59 Å². The van der Waals surface area contributed by atoms with Crippen molar-refractivity contribution in [1.82, 2.24) is 4.90 Å². The quantitative estimate of drug-likeness (QED) is 0.285. The number of methoxy groups -OCH3 is 1. The topological polar surface area (TPSA) is 94.5 Å². The molecular formula is C25H25NO7. The predicted octanol–water partition coefficient (Wildman–Crippen LogP) is 3.09. The summed E-state index contributed by atoms with van der Waals surface area (Å²) in [5.74, 6) is -0.163. The number of benzene rings is 2. The number of aliphatic hydroxyl groups is 1. The van der Waals surface area contributed by atoms with Gasteiger partial charge in [-0.25, -0.2) is 0 Å². The van der Waals surface area contributed by atoms with Crippen LogP contribution in [0, 0.1) is 0 Å². The van der Waals surface area contributed by atoms with Crippen molar-refractivity contribution in [3.8, 4) is 17.2 Å². The number of rotatable bonds is 8. The van der Waals surface area contributed by atoms with Crippen LogP contribution in [0.25, 0.3) is 5.76 Å². The highest BCUT2D eigenvalue weighted by Crippen LogP contribution is 2.41. The van der Waals surface area contributed by atoms with Gasteiger partial charge in [0, 0.05) is 19.2 Å². The molecule has 2 aromatic rings. The van der Waals surface area contributed by atoms with Gasteiger partial charge in [0.05, 0.1) is 18.2 Å².